The van der Waals surface area contributed by atoms with Crippen molar-refractivity contribution < 1.29 is 9.84 Å². The van der Waals surface area contributed by atoms with Crippen LogP contribution in [0.15, 0.2) is 46.4 Å². The molecule has 25 heavy (non-hydrogen) atoms. The van der Waals surface area contributed by atoms with E-state index in [0.29, 0.717) is 18.9 Å². The second-order valence-electron chi connectivity index (χ2n) is 6.00. The van der Waals surface area contributed by atoms with E-state index < -0.39 is 0 Å². The van der Waals surface area contributed by atoms with Crippen LogP contribution in [0.4, 0.5) is 0 Å². The van der Waals surface area contributed by atoms with Gasteiger partial charge in [0, 0.05) is 16.0 Å². The van der Waals surface area contributed by atoms with Crippen LogP contribution in [-0.2, 0) is 13.1 Å². The molecule has 130 valence electrons. The number of hydrogen-bond donors (Lipinski definition) is 1. The molecule has 1 aliphatic rings. The fraction of sp³-hybridized carbons (Fsp3) is 0.300. The number of hydrogen-bond acceptors (Lipinski definition) is 4. The van der Waals surface area contributed by atoms with Crippen LogP contribution >= 0.6 is 22.6 Å². The lowest BCUT2D eigenvalue weighted by atomic mass is 9.94. The quantitative estimate of drug-likeness (QED) is 0.514. The number of fused-ring (bicyclic) bond motifs is 1. The van der Waals surface area contributed by atoms with Crippen molar-refractivity contribution in [2.45, 2.75) is 32.4 Å². The molecule has 1 N–H and O–H groups in total. The molecule has 1 unspecified atom stereocenters. The van der Waals surface area contributed by atoms with Gasteiger partial charge in [-0.05, 0) is 70.0 Å². The van der Waals surface area contributed by atoms with Gasteiger partial charge < -0.3 is 9.84 Å². The van der Waals surface area contributed by atoms with Gasteiger partial charge in [0.05, 0.1) is 25.6 Å². The molecule has 3 rings (SSSR count). The van der Waals surface area contributed by atoms with Gasteiger partial charge in [0.1, 0.15) is 0 Å². The van der Waals surface area contributed by atoms with Crippen LogP contribution in [0.3, 0.4) is 0 Å². The first-order valence-corrected chi connectivity index (χ1v) is 9.48. The van der Waals surface area contributed by atoms with Gasteiger partial charge in [-0.25, -0.2) is 0 Å². The Morgan fingerprint density at radius 2 is 2.20 bits per heavy atom. The summed E-state index contributed by atoms with van der Waals surface area (Å²) in [5.41, 5.74) is 3.49. The van der Waals surface area contributed by atoms with Crippen molar-refractivity contribution in [1.82, 2.24) is 0 Å². The predicted molar refractivity (Wildman–Crippen MR) is 110 cm³/mol. The normalized spacial score (nSPS) is 16.2. The number of nitrogens with zero attached hydrogens (tertiary/aromatic N) is 2. The zero-order valence-electron chi connectivity index (χ0n) is 14.2. The summed E-state index contributed by atoms with van der Waals surface area (Å²) in [5.74, 6) is 0.803. The third-order valence-electron chi connectivity index (χ3n) is 4.02. The van der Waals surface area contributed by atoms with Gasteiger partial charge in [-0.1, -0.05) is 19.1 Å². The second-order valence-corrected chi connectivity index (χ2v) is 7.24. The highest BCUT2D eigenvalue weighted by atomic mass is 127. The summed E-state index contributed by atoms with van der Waals surface area (Å²) in [6.07, 6.45) is 4.81. The number of halogens is 1. The van der Waals surface area contributed by atoms with Crippen LogP contribution in [0.2, 0.25) is 0 Å². The Labute approximate surface area is 161 Å². The minimum Gasteiger partial charge on any atom is -0.504 e. The van der Waals surface area contributed by atoms with Crippen LogP contribution in [0.1, 0.15) is 36.0 Å². The van der Waals surface area contributed by atoms with Gasteiger partial charge in [0.25, 0.3) is 0 Å². The highest BCUT2D eigenvalue weighted by molar-refractivity contribution is 14.1. The van der Waals surface area contributed by atoms with Crippen molar-refractivity contribution in [2.75, 3.05) is 6.61 Å². The van der Waals surface area contributed by atoms with Gasteiger partial charge in [-0.3, -0.25) is 9.98 Å². The molecule has 0 amide bonds. The minimum absolute atomic E-state index is 0.110. The Bertz CT molecular complexity index is 802. The lowest BCUT2D eigenvalue weighted by molar-refractivity contribution is 0.299. The van der Waals surface area contributed by atoms with Gasteiger partial charge in [0.15, 0.2) is 11.5 Å². The maximum Gasteiger partial charge on any atom is 0.160 e. The van der Waals surface area contributed by atoms with E-state index in [4.69, 9.17) is 4.74 Å². The molecule has 2 aromatic carbocycles. The standard InChI is InChI=1S/C20H21IN2O2/c1-2-7-25-20-6-3-14(8-19(20)24)10-22-12-16-13-23-11-15-4-5-17(21)9-18(15)16/h3-6,8-9,12-13,16,24H,2,7,10-11H2,1H3. The highest BCUT2D eigenvalue weighted by Gasteiger charge is 2.15. The number of ether oxygens (including phenoxy) is 1. The Hall–Kier alpha value is -1.89. The van der Waals surface area contributed by atoms with Crippen LogP contribution in [0, 0.1) is 3.57 Å². The van der Waals surface area contributed by atoms with Crippen LogP contribution in [0.25, 0.3) is 0 Å². The van der Waals surface area contributed by atoms with Crippen molar-refractivity contribution in [3.63, 3.8) is 0 Å². The first-order valence-electron chi connectivity index (χ1n) is 8.40. The summed E-state index contributed by atoms with van der Waals surface area (Å²) in [5, 5.41) is 10.0. The van der Waals surface area contributed by atoms with Gasteiger partial charge in [-0.15, -0.1) is 0 Å². The summed E-state index contributed by atoms with van der Waals surface area (Å²) >= 11 is 2.33. The fourth-order valence-electron chi connectivity index (χ4n) is 2.75. The van der Waals surface area contributed by atoms with Gasteiger partial charge >= 0.3 is 0 Å². The largest absolute Gasteiger partial charge is 0.504 e. The predicted octanol–water partition coefficient (Wildman–Crippen LogP) is 4.72. The number of phenols is 1. The van der Waals surface area contributed by atoms with E-state index in [9.17, 15) is 5.11 Å². The molecular formula is C20H21IN2O2. The average Bonchev–Trinajstić information content (AvgIpc) is 2.61. The molecule has 0 saturated heterocycles. The van der Waals surface area contributed by atoms with Crippen molar-refractivity contribution in [1.29, 1.82) is 0 Å². The van der Waals surface area contributed by atoms with E-state index in [1.165, 1.54) is 14.7 Å². The van der Waals surface area contributed by atoms with E-state index in [1.807, 2.05) is 25.4 Å². The van der Waals surface area contributed by atoms with Crippen molar-refractivity contribution >= 4 is 35.0 Å². The summed E-state index contributed by atoms with van der Waals surface area (Å²) < 4.78 is 6.70. The Morgan fingerprint density at radius 3 is 3.00 bits per heavy atom. The smallest absolute Gasteiger partial charge is 0.160 e. The molecule has 0 radical (unpaired) electrons. The third kappa shape index (κ3) is 4.60. The maximum absolute atomic E-state index is 10.0. The Kier molecular flexibility index (Phi) is 6.07. The van der Waals surface area contributed by atoms with Gasteiger partial charge in [0.2, 0.25) is 0 Å². The molecule has 0 spiro atoms. The molecule has 1 heterocycles. The first-order chi connectivity index (χ1) is 12.2. The molecule has 0 saturated carbocycles. The SMILES string of the molecule is CCCOc1ccc(CN=CC2C=NCc3ccc(I)cc32)cc1O. The number of phenolic OH excluding ortho intramolecular Hbond substituents is 1. The van der Waals surface area contributed by atoms with E-state index in [1.54, 1.807) is 12.1 Å². The molecule has 1 aliphatic heterocycles. The molecule has 4 nitrogen and oxygen atoms in total. The highest BCUT2D eigenvalue weighted by Crippen LogP contribution is 2.28. The van der Waals surface area contributed by atoms with E-state index in [0.717, 1.165) is 18.5 Å². The summed E-state index contributed by atoms with van der Waals surface area (Å²) in [6, 6.07) is 11.9. The zero-order valence-corrected chi connectivity index (χ0v) is 16.3. The number of aromatic hydroxyl groups is 1. The third-order valence-corrected chi connectivity index (χ3v) is 4.69. The summed E-state index contributed by atoms with van der Waals surface area (Å²) in [4.78, 5) is 8.99. The van der Waals surface area contributed by atoms with E-state index >= 15 is 0 Å². The number of aliphatic imine (C=N–C) groups is 2. The first kappa shape index (κ1) is 17.9. The Morgan fingerprint density at radius 1 is 1.32 bits per heavy atom. The molecular weight excluding hydrogens is 427 g/mol. The lowest BCUT2D eigenvalue weighted by Crippen LogP contribution is -2.10. The van der Waals surface area contributed by atoms with E-state index in [2.05, 4.69) is 50.8 Å². The lowest BCUT2D eigenvalue weighted by Gasteiger charge is -2.17. The molecule has 0 bridgehead atoms. The van der Waals surface area contributed by atoms with Gasteiger partial charge in [-0.2, -0.15) is 0 Å². The molecule has 0 aliphatic carbocycles. The van der Waals surface area contributed by atoms with Crippen LogP contribution < -0.4 is 4.74 Å². The average molecular weight is 448 g/mol. The fourth-order valence-corrected chi connectivity index (χ4v) is 3.27. The van der Waals surface area contributed by atoms with Crippen LogP contribution in [0.5, 0.6) is 11.5 Å². The zero-order chi connectivity index (χ0) is 17.6. The number of rotatable bonds is 6. The van der Waals surface area contributed by atoms with E-state index in [-0.39, 0.29) is 11.7 Å². The molecule has 1 atom stereocenters. The van der Waals surface area contributed by atoms with Crippen molar-refractivity contribution in [3.05, 3.63) is 56.7 Å². The Balaban J connectivity index is 1.68. The van der Waals surface area contributed by atoms with Crippen molar-refractivity contribution in [3.8, 4) is 11.5 Å². The molecule has 2 aromatic rings. The number of benzene rings is 2. The molecule has 5 heteroatoms. The summed E-state index contributed by atoms with van der Waals surface area (Å²) in [7, 11) is 0. The summed E-state index contributed by atoms with van der Waals surface area (Å²) in [6.45, 7) is 3.90. The maximum atomic E-state index is 10.0. The molecule has 0 fully saturated rings. The minimum atomic E-state index is 0.110. The monoisotopic (exact) mass is 448 g/mol. The van der Waals surface area contributed by atoms with Crippen molar-refractivity contribution in [2.24, 2.45) is 9.98 Å². The second kappa shape index (κ2) is 8.47. The van der Waals surface area contributed by atoms with Crippen LogP contribution in [-0.4, -0.2) is 24.1 Å². The topological polar surface area (TPSA) is 54.2 Å². The molecule has 0 aromatic heterocycles.